The van der Waals surface area contributed by atoms with Crippen LogP contribution in [0.15, 0.2) is 48.0 Å². The molecule has 0 fully saturated rings. The van der Waals surface area contributed by atoms with Gasteiger partial charge >= 0.3 is 0 Å². The van der Waals surface area contributed by atoms with Gasteiger partial charge in [-0.25, -0.2) is 0 Å². The summed E-state index contributed by atoms with van der Waals surface area (Å²) in [6, 6.07) is 14.4. The van der Waals surface area contributed by atoms with Crippen LogP contribution in [0.2, 0.25) is 0 Å². The average molecular weight is 479 g/mol. The van der Waals surface area contributed by atoms with Crippen molar-refractivity contribution in [3.05, 3.63) is 64.7 Å². The second kappa shape index (κ2) is 13.1. The molecule has 0 unspecified atom stereocenters. The zero-order chi connectivity index (χ0) is 25.2. The maximum Gasteiger partial charge on any atom is 0.256 e. The molecule has 0 aromatic heterocycles. The maximum absolute atomic E-state index is 13.2. The lowest BCUT2D eigenvalue weighted by atomic mass is 9.91. The lowest BCUT2D eigenvalue weighted by Gasteiger charge is -2.24. The summed E-state index contributed by atoms with van der Waals surface area (Å²) in [5, 5.41) is 0. The highest BCUT2D eigenvalue weighted by atomic mass is 16.5. The van der Waals surface area contributed by atoms with E-state index in [2.05, 4.69) is 36.1 Å². The third-order valence-corrected chi connectivity index (χ3v) is 6.59. The fourth-order valence-corrected chi connectivity index (χ4v) is 4.53. The van der Waals surface area contributed by atoms with Crippen LogP contribution in [0.25, 0.3) is 6.08 Å². The van der Waals surface area contributed by atoms with Gasteiger partial charge in [-0.15, -0.1) is 0 Å². The molecule has 0 spiro atoms. The third-order valence-electron chi connectivity index (χ3n) is 6.59. The normalized spacial score (nSPS) is 12.7. The first-order valence-corrected chi connectivity index (χ1v) is 12.5. The zero-order valence-electron chi connectivity index (χ0n) is 21.5. The highest BCUT2D eigenvalue weighted by molar-refractivity contribution is 6.06. The summed E-state index contributed by atoms with van der Waals surface area (Å²) in [5.74, 6) is 0.934. The molecule has 0 saturated heterocycles. The van der Waals surface area contributed by atoms with E-state index in [-0.39, 0.29) is 11.8 Å². The molecule has 3 rings (SSSR count). The number of carbonyl (C=O) groups is 2. The second-order valence-corrected chi connectivity index (χ2v) is 8.97. The number of amides is 2. The number of unbranched alkanes of at least 4 members (excludes halogenated alkanes) is 2. The van der Waals surface area contributed by atoms with Crippen molar-refractivity contribution in [2.75, 3.05) is 33.9 Å². The minimum absolute atomic E-state index is 0.183. The van der Waals surface area contributed by atoms with Crippen molar-refractivity contribution in [1.82, 2.24) is 9.80 Å². The predicted molar refractivity (Wildman–Crippen MR) is 139 cm³/mol. The van der Waals surface area contributed by atoms with Crippen LogP contribution in [0, 0.1) is 0 Å². The minimum Gasteiger partial charge on any atom is -0.493 e. The van der Waals surface area contributed by atoms with Gasteiger partial charge in [-0.3, -0.25) is 19.4 Å². The molecule has 1 aliphatic rings. The van der Waals surface area contributed by atoms with Crippen molar-refractivity contribution in [2.24, 2.45) is 0 Å². The number of fused-ring (bicyclic) bond motifs is 1. The van der Waals surface area contributed by atoms with Gasteiger partial charge in [0.05, 0.1) is 14.2 Å². The number of ether oxygens (including phenoxy) is 2. The molecule has 188 valence electrons. The first kappa shape index (κ1) is 26.5. The number of hydrogen-bond donors (Lipinski definition) is 0. The van der Waals surface area contributed by atoms with E-state index in [1.165, 1.54) is 17.4 Å². The minimum atomic E-state index is -0.201. The number of aryl methyl sites for hydroxylation is 1. The molecule has 0 bridgehead atoms. The molecule has 0 saturated carbocycles. The van der Waals surface area contributed by atoms with Gasteiger partial charge in [0, 0.05) is 25.6 Å². The number of imide groups is 1. The van der Waals surface area contributed by atoms with Gasteiger partial charge in [0.25, 0.3) is 5.91 Å². The van der Waals surface area contributed by atoms with Crippen LogP contribution in [-0.2, 0) is 22.6 Å². The number of methoxy groups -OCH3 is 2. The first-order valence-electron chi connectivity index (χ1n) is 12.5. The Balaban J connectivity index is 1.54. The summed E-state index contributed by atoms with van der Waals surface area (Å²) in [5.41, 5.74) is 4.05. The van der Waals surface area contributed by atoms with E-state index in [4.69, 9.17) is 9.47 Å². The van der Waals surface area contributed by atoms with Crippen LogP contribution in [0.1, 0.15) is 56.2 Å². The smallest absolute Gasteiger partial charge is 0.256 e. The summed E-state index contributed by atoms with van der Waals surface area (Å²) in [7, 11) is 3.22. The number of hydrogen-bond acceptors (Lipinski definition) is 5. The first-order chi connectivity index (χ1) is 17.0. The Labute approximate surface area is 209 Å². The van der Waals surface area contributed by atoms with Gasteiger partial charge in [-0.05, 0) is 73.7 Å². The molecular weight excluding hydrogens is 440 g/mol. The van der Waals surface area contributed by atoms with Crippen molar-refractivity contribution in [1.29, 1.82) is 0 Å². The highest BCUT2D eigenvalue weighted by Crippen LogP contribution is 2.35. The summed E-state index contributed by atoms with van der Waals surface area (Å²) < 4.78 is 10.8. The quantitative estimate of drug-likeness (QED) is 0.397. The van der Waals surface area contributed by atoms with Crippen LogP contribution < -0.4 is 9.47 Å². The molecule has 0 radical (unpaired) electrons. The molecule has 1 aliphatic carbocycles. The van der Waals surface area contributed by atoms with Gasteiger partial charge in [-0.1, -0.05) is 43.7 Å². The Hall–Kier alpha value is -3.12. The maximum atomic E-state index is 13.2. The molecule has 2 aromatic rings. The molecule has 35 heavy (non-hydrogen) atoms. The highest BCUT2D eigenvalue weighted by Gasteiger charge is 2.25. The van der Waals surface area contributed by atoms with Crippen LogP contribution in [0.5, 0.6) is 11.5 Å². The number of rotatable bonds is 12. The zero-order valence-corrected chi connectivity index (χ0v) is 21.5. The van der Waals surface area contributed by atoms with Crippen molar-refractivity contribution >= 4 is 17.9 Å². The molecule has 0 atom stereocenters. The van der Waals surface area contributed by atoms with Crippen LogP contribution in [-0.4, -0.2) is 55.5 Å². The third kappa shape index (κ3) is 7.18. The molecule has 6 heteroatoms. The van der Waals surface area contributed by atoms with Crippen LogP contribution >= 0.6 is 0 Å². The second-order valence-electron chi connectivity index (χ2n) is 8.97. The fraction of sp³-hybridized carbons (Fsp3) is 0.448. The van der Waals surface area contributed by atoms with Crippen molar-refractivity contribution in [3.63, 3.8) is 0 Å². The van der Waals surface area contributed by atoms with E-state index in [0.717, 1.165) is 56.4 Å². The molecule has 2 aromatic carbocycles. The Kier molecular flexibility index (Phi) is 9.91. The Morgan fingerprint density at radius 1 is 0.914 bits per heavy atom. The van der Waals surface area contributed by atoms with Crippen LogP contribution in [0.3, 0.4) is 0 Å². The van der Waals surface area contributed by atoms with Gasteiger partial charge in [0.2, 0.25) is 5.91 Å². The fourth-order valence-electron chi connectivity index (χ4n) is 4.53. The van der Waals surface area contributed by atoms with Crippen molar-refractivity contribution in [3.8, 4) is 11.5 Å². The van der Waals surface area contributed by atoms with E-state index < -0.39 is 0 Å². The predicted octanol–water partition coefficient (Wildman–Crippen LogP) is 5.10. The van der Waals surface area contributed by atoms with E-state index in [9.17, 15) is 9.59 Å². The Morgan fingerprint density at radius 2 is 1.60 bits per heavy atom. The van der Waals surface area contributed by atoms with Gasteiger partial charge in [-0.2, -0.15) is 0 Å². The molecule has 6 nitrogen and oxygen atoms in total. The molecular formula is C29H38N2O4. The van der Waals surface area contributed by atoms with Crippen molar-refractivity contribution in [2.45, 2.75) is 52.5 Å². The largest absolute Gasteiger partial charge is 0.493 e. The SMILES string of the molecule is CCN(CCCCCN(C(C)=O)C(=O)C1=Cc2cc(OC)c(OC)cc2CC1)Cc1ccccc1. The van der Waals surface area contributed by atoms with Gasteiger partial charge < -0.3 is 9.47 Å². The number of nitrogens with zero attached hydrogens (tertiary/aromatic N) is 2. The summed E-state index contributed by atoms with van der Waals surface area (Å²) in [6.45, 7) is 7.06. The number of carbonyl (C=O) groups excluding carboxylic acids is 2. The number of benzene rings is 2. The molecule has 2 amide bonds. The van der Waals surface area contributed by atoms with E-state index in [1.54, 1.807) is 14.2 Å². The monoisotopic (exact) mass is 478 g/mol. The van der Waals surface area contributed by atoms with Crippen LogP contribution in [0.4, 0.5) is 0 Å². The summed E-state index contributed by atoms with van der Waals surface area (Å²) in [4.78, 5) is 29.4. The lowest BCUT2D eigenvalue weighted by Crippen LogP contribution is -2.37. The Morgan fingerprint density at radius 3 is 2.26 bits per heavy atom. The standard InChI is InChI=1S/C29H38N2O4/c1-5-30(21-23-12-8-6-9-13-23)16-10-7-11-17-31(22(2)32)29(33)25-15-14-24-19-27(34-3)28(35-4)20-26(24)18-25/h6,8-9,12-13,18-20H,5,7,10-11,14-17,21H2,1-4H3. The van der Waals surface area contributed by atoms with E-state index >= 15 is 0 Å². The van der Waals surface area contributed by atoms with Crippen molar-refractivity contribution < 1.29 is 19.1 Å². The van der Waals surface area contributed by atoms with Gasteiger partial charge in [0.15, 0.2) is 11.5 Å². The Bertz CT molecular complexity index is 1030. The molecule has 0 heterocycles. The lowest BCUT2D eigenvalue weighted by molar-refractivity contribution is -0.141. The average Bonchev–Trinajstić information content (AvgIpc) is 2.88. The molecule has 0 N–H and O–H groups in total. The van der Waals surface area contributed by atoms with E-state index in [1.807, 2.05) is 24.3 Å². The summed E-state index contributed by atoms with van der Waals surface area (Å²) in [6.07, 6.45) is 6.05. The van der Waals surface area contributed by atoms with E-state index in [0.29, 0.717) is 30.0 Å². The van der Waals surface area contributed by atoms with Gasteiger partial charge in [0.1, 0.15) is 0 Å². The summed E-state index contributed by atoms with van der Waals surface area (Å²) >= 11 is 0. The molecule has 0 aliphatic heterocycles. The topological polar surface area (TPSA) is 59.1 Å².